The Morgan fingerprint density at radius 3 is 2.00 bits per heavy atom. The van der Waals surface area contributed by atoms with Gasteiger partial charge in [0.15, 0.2) is 0 Å². The molecule has 0 unspecified atom stereocenters. The van der Waals surface area contributed by atoms with E-state index < -0.39 is 21.8 Å². The molecule has 0 aromatic heterocycles. The van der Waals surface area contributed by atoms with Crippen molar-refractivity contribution in [1.29, 1.82) is 0 Å². The van der Waals surface area contributed by atoms with Gasteiger partial charge in [-0.3, -0.25) is 4.31 Å². The quantitative estimate of drug-likeness (QED) is 0.558. The molecule has 0 amide bonds. The summed E-state index contributed by atoms with van der Waals surface area (Å²) in [5.74, 6) is 0.624. The molecule has 0 N–H and O–H groups in total. The molecular weight excluding hydrogens is 405 g/mol. The predicted molar refractivity (Wildman–Crippen MR) is 107 cm³/mol. The normalized spacial score (nSPS) is 12.2. The molecule has 0 fully saturated rings. The molecule has 0 spiro atoms. The molecule has 0 saturated carbocycles. The van der Waals surface area contributed by atoms with E-state index in [4.69, 9.17) is 4.74 Å². The van der Waals surface area contributed by atoms with Crippen molar-refractivity contribution in [3.8, 4) is 5.75 Å². The van der Waals surface area contributed by atoms with Gasteiger partial charge < -0.3 is 9.64 Å². The zero-order valence-corrected chi connectivity index (χ0v) is 17.4. The highest BCUT2D eigenvalue weighted by molar-refractivity contribution is 7.92. The van der Waals surface area contributed by atoms with Crippen molar-refractivity contribution in [2.24, 2.45) is 0 Å². The summed E-state index contributed by atoms with van der Waals surface area (Å²) in [6.45, 7) is 1.54. The van der Waals surface area contributed by atoms with Gasteiger partial charge >= 0.3 is 6.18 Å². The van der Waals surface area contributed by atoms with Crippen LogP contribution in [0.4, 0.5) is 18.9 Å². The van der Waals surface area contributed by atoms with Crippen LogP contribution < -0.4 is 9.04 Å². The van der Waals surface area contributed by atoms with E-state index in [-0.39, 0.29) is 4.90 Å². The number of hydrogen-bond donors (Lipinski definition) is 0. The molecule has 0 atom stereocenters. The third-order valence-electron chi connectivity index (χ3n) is 4.31. The van der Waals surface area contributed by atoms with Crippen molar-refractivity contribution in [2.75, 3.05) is 38.6 Å². The standard InChI is InChI=1S/C20H25F3N2O3S/c1-24(2)14-4-5-15-28-18-10-8-17(9-11-18)25(3)29(26,27)19-12-6-16(7-13-19)20(21,22)23/h6-13H,4-5,14-15H2,1-3H3. The number of unbranched alkanes of at least 4 members (excludes halogenated alkanes) is 1. The maximum Gasteiger partial charge on any atom is 0.416 e. The highest BCUT2D eigenvalue weighted by Crippen LogP contribution is 2.31. The summed E-state index contributed by atoms with van der Waals surface area (Å²) < 4.78 is 70.1. The Kier molecular flexibility index (Phi) is 7.54. The zero-order chi connectivity index (χ0) is 21.7. The van der Waals surface area contributed by atoms with E-state index >= 15 is 0 Å². The monoisotopic (exact) mass is 430 g/mol. The maximum atomic E-state index is 12.7. The van der Waals surface area contributed by atoms with Crippen LogP contribution in [0.1, 0.15) is 18.4 Å². The average molecular weight is 430 g/mol. The van der Waals surface area contributed by atoms with E-state index in [2.05, 4.69) is 4.90 Å². The minimum atomic E-state index is -4.52. The molecular formula is C20H25F3N2O3S. The van der Waals surface area contributed by atoms with Crippen LogP contribution >= 0.6 is 0 Å². The van der Waals surface area contributed by atoms with Crippen molar-refractivity contribution < 1.29 is 26.3 Å². The molecule has 0 aliphatic heterocycles. The highest BCUT2D eigenvalue weighted by atomic mass is 32.2. The Labute approximate surface area is 169 Å². The molecule has 0 heterocycles. The molecule has 0 radical (unpaired) electrons. The third kappa shape index (κ3) is 6.37. The van der Waals surface area contributed by atoms with Crippen molar-refractivity contribution >= 4 is 15.7 Å². The second kappa shape index (κ2) is 9.49. The van der Waals surface area contributed by atoms with Crippen LogP contribution in [-0.2, 0) is 16.2 Å². The Morgan fingerprint density at radius 1 is 0.897 bits per heavy atom. The Morgan fingerprint density at radius 2 is 1.48 bits per heavy atom. The molecule has 2 aromatic carbocycles. The maximum absolute atomic E-state index is 12.7. The van der Waals surface area contributed by atoms with Crippen LogP contribution in [0.2, 0.25) is 0 Å². The number of nitrogens with zero attached hydrogens (tertiary/aromatic N) is 2. The average Bonchev–Trinajstić information content (AvgIpc) is 2.67. The first-order chi connectivity index (χ1) is 13.5. The van der Waals surface area contributed by atoms with E-state index in [1.54, 1.807) is 24.3 Å². The smallest absolute Gasteiger partial charge is 0.416 e. The molecule has 2 rings (SSSR count). The predicted octanol–water partition coefficient (Wildman–Crippen LogP) is 4.25. The zero-order valence-electron chi connectivity index (χ0n) is 16.6. The van der Waals surface area contributed by atoms with Gasteiger partial charge in [0.2, 0.25) is 0 Å². The summed E-state index contributed by atoms with van der Waals surface area (Å²) in [6.07, 6.45) is -2.60. The molecule has 160 valence electrons. The first kappa shape index (κ1) is 23.0. The Hall–Kier alpha value is -2.26. The number of halogens is 3. The highest BCUT2D eigenvalue weighted by Gasteiger charge is 2.31. The van der Waals surface area contributed by atoms with Crippen LogP contribution in [0, 0.1) is 0 Å². The minimum absolute atomic E-state index is 0.214. The number of ether oxygens (including phenoxy) is 1. The molecule has 0 aliphatic rings. The summed E-state index contributed by atoms with van der Waals surface area (Å²) in [5, 5.41) is 0. The van der Waals surface area contributed by atoms with E-state index in [0.717, 1.165) is 48.0 Å². The fourth-order valence-electron chi connectivity index (χ4n) is 2.59. The van der Waals surface area contributed by atoms with Gasteiger partial charge in [-0.25, -0.2) is 8.42 Å². The molecule has 29 heavy (non-hydrogen) atoms. The number of rotatable bonds is 9. The van der Waals surface area contributed by atoms with Gasteiger partial charge in [0.05, 0.1) is 22.8 Å². The molecule has 0 saturated heterocycles. The molecule has 9 heteroatoms. The summed E-state index contributed by atoms with van der Waals surface area (Å²) in [5.41, 5.74) is -0.518. The topological polar surface area (TPSA) is 49.9 Å². The van der Waals surface area contributed by atoms with Crippen LogP contribution in [-0.4, -0.2) is 47.6 Å². The lowest BCUT2D eigenvalue weighted by molar-refractivity contribution is -0.137. The van der Waals surface area contributed by atoms with Crippen molar-refractivity contribution in [1.82, 2.24) is 4.90 Å². The second-order valence-corrected chi connectivity index (χ2v) is 8.82. The Bertz CT molecular complexity index is 881. The first-order valence-corrected chi connectivity index (χ1v) is 10.5. The lowest BCUT2D eigenvalue weighted by Crippen LogP contribution is -2.26. The first-order valence-electron chi connectivity index (χ1n) is 9.05. The molecule has 2 aromatic rings. The second-order valence-electron chi connectivity index (χ2n) is 6.85. The van der Waals surface area contributed by atoms with Crippen molar-refractivity contribution in [3.05, 3.63) is 54.1 Å². The lowest BCUT2D eigenvalue weighted by Gasteiger charge is -2.20. The summed E-state index contributed by atoms with van der Waals surface area (Å²) in [4.78, 5) is 1.89. The largest absolute Gasteiger partial charge is 0.494 e. The van der Waals surface area contributed by atoms with Gasteiger partial charge in [0.25, 0.3) is 10.0 Å². The number of sulfonamides is 1. The van der Waals surface area contributed by atoms with Crippen LogP contribution in [0.3, 0.4) is 0 Å². The fourth-order valence-corrected chi connectivity index (χ4v) is 3.78. The van der Waals surface area contributed by atoms with E-state index in [9.17, 15) is 21.6 Å². The minimum Gasteiger partial charge on any atom is -0.494 e. The number of alkyl halides is 3. The van der Waals surface area contributed by atoms with Gasteiger partial charge in [-0.15, -0.1) is 0 Å². The van der Waals surface area contributed by atoms with Crippen molar-refractivity contribution in [2.45, 2.75) is 23.9 Å². The number of anilines is 1. The molecule has 0 aliphatic carbocycles. The van der Waals surface area contributed by atoms with E-state index in [1.165, 1.54) is 7.05 Å². The van der Waals surface area contributed by atoms with Crippen LogP contribution in [0.25, 0.3) is 0 Å². The van der Waals surface area contributed by atoms with E-state index in [0.29, 0.717) is 18.0 Å². The summed E-state index contributed by atoms with van der Waals surface area (Å²) >= 11 is 0. The van der Waals surface area contributed by atoms with Gasteiger partial charge in [0.1, 0.15) is 5.75 Å². The summed E-state index contributed by atoms with van der Waals surface area (Å²) in [6, 6.07) is 9.95. The van der Waals surface area contributed by atoms with Gasteiger partial charge in [-0.2, -0.15) is 13.2 Å². The molecule has 5 nitrogen and oxygen atoms in total. The summed E-state index contributed by atoms with van der Waals surface area (Å²) in [7, 11) is 1.39. The number of hydrogen-bond acceptors (Lipinski definition) is 4. The van der Waals surface area contributed by atoms with Crippen LogP contribution in [0.5, 0.6) is 5.75 Å². The van der Waals surface area contributed by atoms with Gasteiger partial charge in [-0.05, 0) is 82.0 Å². The fraction of sp³-hybridized carbons (Fsp3) is 0.400. The van der Waals surface area contributed by atoms with Gasteiger partial charge in [-0.1, -0.05) is 0 Å². The third-order valence-corrected chi connectivity index (χ3v) is 6.11. The Balaban J connectivity index is 2.02. The molecule has 0 bridgehead atoms. The van der Waals surface area contributed by atoms with Gasteiger partial charge in [0, 0.05) is 7.05 Å². The lowest BCUT2D eigenvalue weighted by atomic mass is 10.2. The van der Waals surface area contributed by atoms with Crippen LogP contribution in [0.15, 0.2) is 53.4 Å². The van der Waals surface area contributed by atoms with Crippen molar-refractivity contribution in [3.63, 3.8) is 0 Å². The van der Waals surface area contributed by atoms with E-state index in [1.807, 2.05) is 14.1 Å². The number of benzene rings is 2. The SMILES string of the molecule is CN(C)CCCCOc1ccc(N(C)S(=O)(=O)c2ccc(C(F)(F)F)cc2)cc1.